The number of hydrogen-bond donors (Lipinski definition) is 0. The Morgan fingerprint density at radius 2 is 2.38 bits per heavy atom. The highest BCUT2D eigenvalue weighted by Gasteiger charge is 2.18. The van der Waals surface area contributed by atoms with E-state index in [-0.39, 0.29) is 0 Å². The molecule has 5 nitrogen and oxygen atoms in total. The molecule has 1 aliphatic rings. The average molecular weight is 183 g/mol. The van der Waals surface area contributed by atoms with Crippen LogP contribution in [0.15, 0.2) is 6.33 Å². The average Bonchev–Trinajstić information content (AvgIpc) is 2.39. The molecule has 0 amide bonds. The van der Waals surface area contributed by atoms with E-state index in [1.54, 1.807) is 6.33 Å². The van der Waals surface area contributed by atoms with Crippen molar-refractivity contribution in [1.29, 1.82) is 0 Å². The van der Waals surface area contributed by atoms with Crippen molar-refractivity contribution in [3.63, 3.8) is 0 Å². The summed E-state index contributed by atoms with van der Waals surface area (Å²) in [4.78, 5) is 16.3. The van der Waals surface area contributed by atoms with Gasteiger partial charge in [0.25, 0.3) is 0 Å². The number of fused-ring (bicyclic) bond motifs is 1. The Morgan fingerprint density at radius 1 is 1.54 bits per heavy atom. The second-order valence-corrected chi connectivity index (χ2v) is 2.99. The van der Waals surface area contributed by atoms with Crippen LogP contribution in [-0.4, -0.2) is 22.8 Å². The molecule has 0 bridgehead atoms. The zero-order valence-electron chi connectivity index (χ0n) is 7.86. The van der Waals surface area contributed by atoms with Crippen LogP contribution in [-0.2, 0) is 23.4 Å². The number of anilines is 1. The molecule has 1 aromatic heterocycles. The molecule has 2 heterocycles. The van der Waals surface area contributed by atoms with Gasteiger partial charge in [0.2, 0.25) is 0 Å². The minimum absolute atomic E-state index is 0.445. The molecule has 72 valence electrons. The van der Waals surface area contributed by atoms with Gasteiger partial charge in [-0.1, -0.05) is 0 Å². The molecule has 0 radical (unpaired) electrons. The fourth-order valence-electron chi connectivity index (χ4n) is 1.37. The van der Waals surface area contributed by atoms with Crippen molar-refractivity contribution in [2.24, 2.45) is 7.05 Å². The summed E-state index contributed by atoms with van der Waals surface area (Å²) in [5.41, 5.74) is 1.05. The van der Waals surface area contributed by atoms with Crippen molar-refractivity contribution in [1.82, 2.24) is 9.55 Å². The first-order valence-corrected chi connectivity index (χ1v) is 4.32. The summed E-state index contributed by atoms with van der Waals surface area (Å²) >= 11 is 0. The maximum absolute atomic E-state index is 4.99. The minimum atomic E-state index is 0.445. The Hall–Kier alpha value is -1.07. The van der Waals surface area contributed by atoms with Gasteiger partial charge in [0, 0.05) is 13.6 Å². The lowest BCUT2D eigenvalue weighted by atomic mass is 10.4. The van der Waals surface area contributed by atoms with E-state index in [4.69, 9.17) is 9.78 Å². The van der Waals surface area contributed by atoms with E-state index in [9.17, 15) is 0 Å². The predicted octanol–water partition coefficient (Wildman–Crippen LogP) is 0.666. The molecule has 0 fully saturated rings. The summed E-state index contributed by atoms with van der Waals surface area (Å²) in [6, 6.07) is 0. The van der Waals surface area contributed by atoms with Crippen LogP contribution in [0.2, 0.25) is 0 Å². The van der Waals surface area contributed by atoms with Crippen LogP contribution in [0.5, 0.6) is 0 Å². The second-order valence-electron chi connectivity index (χ2n) is 2.99. The molecule has 0 saturated heterocycles. The molecule has 2 rings (SSSR count). The summed E-state index contributed by atoms with van der Waals surface area (Å²) in [6.45, 7) is 3.84. The Balaban J connectivity index is 2.36. The standard InChI is InChI=1S/C8H13N3O2/c1-3-11-6-13-12-4-7-8(11)9-5-10(7)2/h5H,3-4,6H2,1-2H3. The van der Waals surface area contributed by atoms with Crippen LogP contribution in [0, 0.1) is 0 Å². The lowest BCUT2D eigenvalue weighted by Gasteiger charge is -2.16. The highest BCUT2D eigenvalue weighted by atomic mass is 17.2. The van der Waals surface area contributed by atoms with Gasteiger partial charge in [-0.3, -0.25) is 0 Å². The maximum atomic E-state index is 4.99. The first-order chi connectivity index (χ1) is 6.33. The smallest absolute Gasteiger partial charge is 0.155 e. The maximum Gasteiger partial charge on any atom is 0.155 e. The lowest BCUT2D eigenvalue weighted by molar-refractivity contribution is -0.301. The van der Waals surface area contributed by atoms with Crippen molar-refractivity contribution in [3.05, 3.63) is 12.0 Å². The van der Waals surface area contributed by atoms with Crippen LogP contribution in [0.25, 0.3) is 0 Å². The minimum Gasteiger partial charge on any atom is -0.334 e. The number of rotatable bonds is 1. The van der Waals surface area contributed by atoms with Crippen molar-refractivity contribution in [2.45, 2.75) is 13.5 Å². The van der Waals surface area contributed by atoms with E-state index in [0.717, 1.165) is 18.1 Å². The fourth-order valence-corrected chi connectivity index (χ4v) is 1.37. The van der Waals surface area contributed by atoms with Crippen LogP contribution < -0.4 is 4.90 Å². The van der Waals surface area contributed by atoms with E-state index < -0.39 is 0 Å². The predicted molar refractivity (Wildman–Crippen MR) is 47.0 cm³/mol. The summed E-state index contributed by atoms with van der Waals surface area (Å²) < 4.78 is 1.95. The van der Waals surface area contributed by atoms with Crippen LogP contribution in [0.1, 0.15) is 12.6 Å². The monoisotopic (exact) mass is 183 g/mol. The quantitative estimate of drug-likeness (QED) is 0.600. The van der Waals surface area contributed by atoms with E-state index in [1.807, 2.05) is 16.5 Å². The molecule has 0 unspecified atom stereocenters. The third-order valence-corrected chi connectivity index (χ3v) is 2.21. The highest BCUT2D eigenvalue weighted by Crippen LogP contribution is 2.21. The molecular formula is C8H13N3O2. The summed E-state index contributed by atoms with van der Waals surface area (Å²) in [5, 5.41) is 0. The number of nitrogens with zero attached hydrogens (tertiary/aromatic N) is 3. The summed E-state index contributed by atoms with van der Waals surface area (Å²) in [5.74, 6) is 0.961. The van der Waals surface area contributed by atoms with E-state index in [0.29, 0.717) is 13.3 Å². The normalized spacial score (nSPS) is 16.9. The summed E-state index contributed by atoms with van der Waals surface area (Å²) in [6.07, 6.45) is 1.79. The van der Waals surface area contributed by atoms with Gasteiger partial charge in [-0.15, -0.1) is 0 Å². The third-order valence-electron chi connectivity index (χ3n) is 2.21. The Labute approximate surface area is 76.8 Å². The van der Waals surface area contributed by atoms with Gasteiger partial charge >= 0.3 is 0 Å². The molecule has 0 atom stereocenters. The Kier molecular flexibility index (Phi) is 2.20. The van der Waals surface area contributed by atoms with E-state index >= 15 is 0 Å². The van der Waals surface area contributed by atoms with Crippen LogP contribution in [0.4, 0.5) is 5.82 Å². The van der Waals surface area contributed by atoms with Gasteiger partial charge < -0.3 is 9.47 Å². The molecule has 0 N–H and O–H groups in total. The van der Waals surface area contributed by atoms with Crippen molar-refractivity contribution >= 4 is 5.82 Å². The molecule has 0 saturated carbocycles. The molecular weight excluding hydrogens is 170 g/mol. The van der Waals surface area contributed by atoms with E-state index in [2.05, 4.69) is 11.9 Å². The van der Waals surface area contributed by atoms with Gasteiger partial charge in [-0.2, -0.15) is 0 Å². The zero-order chi connectivity index (χ0) is 9.26. The third kappa shape index (κ3) is 1.40. The lowest BCUT2D eigenvalue weighted by Crippen LogP contribution is -2.25. The van der Waals surface area contributed by atoms with Gasteiger partial charge in [0.1, 0.15) is 6.61 Å². The molecule has 0 aliphatic carbocycles. The molecule has 1 aliphatic heterocycles. The molecule has 13 heavy (non-hydrogen) atoms. The fraction of sp³-hybridized carbons (Fsp3) is 0.625. The van der Waals surface area contributed by atoms with Crippen molar-refractivity contribution < 1.29 is 9.78 Å². The highest BCUT2D eigenvalue weighted by molar-refractivity contribution is 5.43. The van der Waals surface area contributed by atoms with Gasteiger partial charge in [0.05, 0.1) is 12.0 Å². The first-order valence-electron chi connectivity index (χ1n) is 4.32. The Bertz CT molecular complexity index is 298. The number of hydrogen-bond acceptors (Lipinski definition) is 4. The SMILES string of the molecule is CCN1COOCc2c1ncn2C. The topological polar surface area (TPSA) is 39.5 Å². The van der Waals surface area contributed by atoms with Crippen LogP contribution >= 0.6 is 0 Å². The van der Waals surface area contributed by atoms with Crippen LogP contribution in [0.3, 0.4) is 0 Å². The number of aromatic nitrogens is 2. The number of aryl methyl sites for hydroxylation is 1. The van der Waals surface area contributed by atoms with Gasteiger partial charge in [-0.05, 0) is 6.92 Å². The molecule has 0 spiro atoms. The zero-order valence-corrected chi connectivity index (χ0v) is 7.86. The van der Waals surface area contributed by atoms with Crippen molar-refractivity contribution in [2.75, 3.05) is 18.2 Å². The largest absolute Gasteiger partial charge is 0.334 e. The van der Waals surface area contributed by atoms with E-state index in [1.165, 1.54) is 0 Å². The second kappa shape index (κ2) is 3.35. The first kappa shape index (κ1) is 8.52. The molecule has 0 aromatic carbocycles. The van der Waals surface area contributed by atoms with Gasteiger partial charge in [0.15, 0.2) is 12.5 Å². The molecule has 5 heteroatoms. The number of imidazole rings is 1. The molecule has 1 aromatic rings. The van der Waals surface area contributed by atoms with Gasteiger partial charge in [-0.25, -0.2) is 14.8 Å². The Morgan fingerprint density at radius 3 is 3.15 bits per heavy atom. The summed E-state index contributed by atoms with van der Waals surface area (Å²) in [7, 11) is 1.95. The van der Waals surface area contributed by atoms with Crippen molar-refractivity contribution in [3.8, 4) is 0 Å².